The van der Waals surface area contributed by atoms with E-state index in [4.69, 9.17) is 14.6 Å². The Hall–Kier alpha value is -2.19. The Morgan fingerprint density at radius 2 is 1.95 bits per heavy atom. The summed E-state index contributed by atoms with van der Waals surface area (Å²) in [7, 11) is 0. The number of fused-ring (bicyclic) bond motifs is 1. The van der Waals surface area contributed by atoms with Crippen molar-refractivity contribution in [1.29, 1.82) is 0 Å². The van der Waals surface area contributed by atoms with Gasteiger partial charge >= 0.3 is 5.97 Å². The van der Waals surface area contributed by atoms with Gasteiger partial charge in [0.05, 0.1) is 18.1 Å². The molecule has 2 amide bonds. The first kappa shape index (κ1) is 31.3. The van der Waals surface area contributed by atoms with Crippen molar-refractivity contribution >= 4 is 17.8 Å². The van der Waals surface area contributed by atoms with Crippen molar-refractivity contribution in [2.24, 2.45) is 17.8 Å². The van der Waals surface area contributed by atoms with Crippen LogP contribution >= 0.6 is 0 Å². The van der Waals surface area contributed by atoms with Gasteiger partial charge in [0.1, 0.15) is 17.6 Å². The van der Waals surface area contributed by atoms with Crippen molar-refractivity contribution in [2.75, 3.05) is 26.3 Å². The first-order valence-electron chi connectivity index (χ1n) is 14.9. The minimum atomic E-state index is -1.07. The summed E-state index contributed by atoms with van der Waals surface area (Å²) in [6, 6.07) is -0.815. The minimum absolute atomic E-state index is 0.0188. The summed E-state index contributed by atoms with van der Waals surface area (Å²) in [5.41, 5.74) is -1.94. The molecule has 4 unspecified atom stereocenters. The predicted molar refractivity (Wildman–Crippen MR) is 151 cm³/mol. The average Bonchev–Trinajstić information content (AvgIpc) is 3.41. The zero-order valence-electron chi connectivity index (χ0n) is 24.5. The van der Waals surface area contributed by atoms with Crippen molar-refractivity contribution in [1.82, 2.24) is 9.80 Å². The number of unbranched alkanes of at least 4 members (excludes halogenated alkanes) is 4. The molecular formula is C31H50N2O6. The molecule has 1 spiro atoms. The summed E-state index contributed by atoms with van der Waals surface area (Å²) in [4.78, 5) is 45.7. The zero-order valence-corrected chi connectivity index (χ0v) is 24.5. The lowest BCUT2D eigenvalue weighted by atomic mass is 9.62. The fourth-order valence-corrected chi connectivity index (χ4v) is 7.21. The second-order valence-corrected chi connectivity index (χ2v) is 11.9. The number of likely N-dealkylation sites (tertiary alicyclic amines) is 1. The van der Waals surface area contributed by atoms with Crippen LogP contribution in [0.25, 0.3) is 0 Å². The van der Waals surface area contributed by atoms with Crippen LogP contribution in [0.1, 0.15) is 85.5 Å². The van der Waals surface area contributed by atoms with Gasteiger partial charge in [-0.3, -0.25) is 14.4 Å². The quantitative estimate of drug-likeness (QED) is 0.166. The van der Waals surface area contributed by atoms with Gasteiger partial charge in [0.15, 0.2) is 0 Å². The van der Waals surface area contributed by atoms with Gasteiger partial charge < -0.3 is 24.4 Å². The molecule has 39 heavy (non-hydrogen) atoms. The van der Waals surface area contributed by atoms with Gasteiger partial charge in [0.2, 0.25) is 11.8 Å². The molecule has 3 heterocycles. The van der Waals surface area contributed by atoms with Crippen molar-refractivity contribution < 1.29 is 29.0 Å². The maximum Gasteiger partial charge on any atom is 0.312 e. The predicted octanol–water partition coefficient (Wildman–Crippen LogP) is 4.26. The van der Waals surface area contributed by atoms with E-state index in [1.807, 2.05) is 25.7 Å². The largest absolute Gasteiger partial charge is 0.465 e. The van der Waals surface area contributed by atoms with Crippen molar-refractivity contribution in [3.63, 3.8) is 0 Å². The van der Waals surface area contributed by atoms with E-state index < -0.39 is 35.0 Å². The number of nitrogens with zero attached hydrogens (tertiary/aromatic N) is 2. The fourth-order valence-electron chi connectivity index (χ4n) is 7.21. The number of carbonyl (C=O) groups excluding carboxylic acids is 3. The minimum Gasteiger partial charge on any atom is -0.465 e. The van der Waals surface area contributed by atoms with Crippen molar-refractivity contribution in [2.45, 2.75) is 109 Å². The molecule has 0 saturated carbocycles. The number of carbonyl (C=O) groups is 3. The van der Waals surface area contributed by atoms with Crippen LogP contribution in [0.15, 0.2) is 25.3 Å². The third-order valence-corrected chi connectivity index (χ3v) is 9.25. The Morgan fingerprint density at radius 1 is 1.23 bits per heavy atom. The van der Waals surface area contributed by atoms with Crippen LogP contribution in [0.5, 0.6) is 0 Å². The van der Waals surface area contributed by atoms with E-state index in [2.05, 4.69) is 20.1 Å². The van der Waals surface area contributed by atoms with Gasteiger partial charge in [0, 0.05) is 25.7 Å². The van der Waals surface area contributed by atoms with Gasteiger partial charge in [-0.15, -0.1) is 13.2 Å². The van der Waals surface area contributed by atoms with E-state index in [0.29, 0.717) is 38.8 Å². The molecule has 0 aromatic rings. The van der Waals surface area contributed by atoms with Crippen molar-refractivity contribution in [3.8, 4) is 0 Å². The van der Waals surface area contributed by atoms with Gasteiger partial charge in [-0.1, -0.05) is 45.3 Å². The monoisotopic (exact) mass is 546 g/mol. The number of rotatable bonds is 17. The summed E-state index contributed by atoms with van der Waals surface area (Å²) in [5.74, 6) is -2.24. The lowest BCUT2D eigenvalue weighted by Gasteiger charge is -2.39. The molecule has 1 N–H and O–H groups in total. The molecule has 0 aliphatic carbocycles. The van der Waals surface area contributed by atoms with Crippen LogP contribution in [0, 0.1) is 17.8 Å². The van der Waals surface area contributed by atoms with Crippen LogP contribution in [0.3, 0.4) is 0 Å². The van der Waals surface area contributed by atoms with Crippen LogP contribution < -0.4 is 0 Å². The van der Waals surface area contributed by atoms with E-state index in [-0.39, 0.29) is 37.0 Å². The van der Waals surface area contributed by atoms with Gasteiger partial charge in [-0.05, 0) is 58.3 Å². The number of hydrogen-bond donors (Lipinski definition) is 1. The lowest BCUT2D eigenvalue weighted by molar-refractivity contribution is -0.162. The second kappa shape index (κ2) is 13.4. The highest BCUT2D eigenvalue weighted by atomic mass is 16.6. The molecule has 220 valence electrons. The molecule has 8 nitrogen and oxygen atoms in total. The lowest BCUT2D eigenvalue weighted by Crippen LogP contribution is -2.58. The summed E-state index contributed by atoms with van der Waals surface area (Å²) in [6.07, 6.45) is 10.4. The molecule has 8 heteroatoms. The second-order valence-electron chi connectivity index (χ2n) is 11.9. The van der Waals surface area contributed by atoms with E-state index >= 15 is 0 Å². The molecule has 0 radical (unpaired) electrons. The van der Waals surface area contributed by atoms with E-state index in [1.165, 1.54) is 0 Å². The number of ether oxygens (including phenoxy) is 2. The molecule has 3 fully saturated rings. The number of aliphatic hydroxyl groups excluding tert-OH is 1. The maximum atomic E-state index is 14.4. The molecular weight excluding hydrogens is 496 g/mol. The third kappa shape index (κ3) is 5.83. The number of esters is 1. The Balaban J connectivity index is 1.99. The Morgan fingerprint density at radius 3 is 2.59 bits per heavy atom. The first-order valence-corrected chi connectivity index (χ1v) is 14.9. The van der Waals surface area contributed by atoms with Crippen molar-refractivity contribution in [3.05, 3.63) is 25.3 Å². The number of aliphatic hydroxyl groups is 1. The Labute approximate surface area is 234 Å². The molecule has 7 atom stereocenters. The van der Waals surface area contributed by atoms with Crippen LogP contribution in [0.2, 0.25) is 0 Å². The fraction of sp³-hybridized carbons (Fsp3) is 0.774. The Kier molecular flexibility index (Phi) is 10.8. The molecule has 0 aromatic carbocycles. The Bertz CT molecular complexity index is 908. The third-order valence-electron chi connectivity index (χ3n) is 9.25. The molecule has 2 bridgehead atoms. The highest BCUT2D eigenvalue weighted by Crippen LogP contribution is 2.65. The molecule has 3 aliphatic heterocycles. The van der Waals surface area contributed by atoms with Gasteiger partial charge in [0.25, 0.3) is 0 Å². The summed E-state index contributed by atoms with van der Waals surface area (Å²) in [5, 5.41) is 9.15. The van der Waals surface area contributed by atoms with Crippen LogP contribution in [-0.4, -0.2) is 82.3 Å². The summed E-state index contributed by atoms with van der Waals surface area (Å²) < 4.78 is 12.5. The van der Waals surface area contributed by atoms with E-state index in [9.17, 15) is 14.4 Å². The smallest absolute Gasteiger partial charge is 0.312 e. The van der Waals surface area contributed by atoms with E-state index in [0.717, 1.165) is 32.1 Å². The highest BCUT2D eigenvalue weighted by Gasteiger charge is 2.80. The summed E-state index contributed by atoms with van der Waals surface area (Å²) >= 11 is 0. The average molecular weight is 547 g/mol. The number of allylic oxidation sites excluding steroid dienone is 1. The number of hydrogen-bond acceptors (Lipinski definition) is 6. The van der Waals surface area contributed by atoms with Crippen LogP contribution in [0.4, 0.5) is 0 Å². The topological polar surface area (TPSA) is 96.4 Å². The number of amides is 2. The molecule has 0 aromatic heterocycles. The molecule has 3 aliphatic rings. The van der Waals surface area contributed by atoms with Crippen LogP contribution in [-0.2, 0) is 23.9 Å². The van der Waals surface area contributed by atoms with E-state index in [1.54, 1.807) is 17.1 Å². The molecule has 3 saturated heterocycles. The SMILES string of the molecule is C=CCCCOC(=O)[C@H]1[C@H]2C(=O)N(CCCCCCO)C(C(=O)N(CC=C)C(C)CCC)C23CC(C)[C@]1(C)O3. The van der Waals surface area contributed by atoms with Gasteiger partial charge in [-0.25, -0.2) is 0 Å². The zero-order chi connectivity index (χ0) is 28.8. The normalized spacial score (nSPS) is 31.7. The molecule has 3 rings (SSSR count). The first-order chi connectivity index (χ1) is 18.6. The highest BCUT2D eigenvalue weighted by molar-refractivity contribution is 5.98. The maximum absolute atomic E-state index is 14.4. The standard InChI is InChI=1S/C31H50N2O6/c1-7-10-15-20-38-29(37)25-24-27(35)33(18-13-11-12-14-19-34)26(31(24)21-22(4)30(25,6)39-31)28(36)32(17-9-3)23(5)16-8-2/h7,9,22-26,34H,1,3,8,10-21H2,2,4-6H3/t22?,23?,24-,25+,26?,30-,31?/m0/s1. The summed E-state index contributed by atoms with van der Waals surface area (Å²) in [6.45, 7) is 16.9. The van der Waals surface area contributed by atoms with Gasteiger partial charge in [-0.2, -0.15) is 0 Å².